The summed E-state index contributed by atoms with van der Waals surface area (Å²) in [6.45, 7) is 1.58. The molecule has 4 nitrogen and oxygen atoms in total. The van der Waals surface area contributed by atoms with Crippen LogP contribution in [0, 0.1) is 17.6 Å². The molecule has 1 fully saturated rings. The Morgan fingerprint density at radius 1 is 1.30 bits per heavy atom. The van der Waals surface area contributed by atoms with Gasteiger partial charge in [0.2, 0.25) is 10.0 Å². The third kappa shape index (κ3) is 3.16. The Bertz CT molecular complexity index is 570. The molecule has 0 bridgehead atoms. The van der Waals surface area contributed by atoms with Crippen LogP contribution in [0.1, 0.15) is 12.8 Å². The van der Waals surface area contributed by atoms with E-state index in [2.05, 4.69) is 5.32 Å². The fraction of sp³-hybridized carbons (Fsp3) is 0.538. The highest BCUT2D eigenvalue weighted by molar-refractivity contribution is 7.89. The number of sulfonamides is 1. The quantitative estimate of drug-likeness (QED) is 0.919. The van der Waals surface area contributed by atoms with Gasteiger partial charge in [-0.15, -0.1) is 0 Å². The van der Waals surface area contributed by atoms with Crippen LogP contribution in [0.5, 0.6) is 0 Å². The number of hydrogen-bond donors (Lipinski definition) is 1. The Balaban J connectivity index is 2.15. The molecule has 1 saturated heterocycles. The molecule has 0 atom stereocenters. The van der Waals surface area contributed by atoms with Crippen molar-refractivity contribution in [3.63, 3.8) is 0 Å². The number of rotatable bonds is 4. The normalized spacial score (nSPS) is 18.4. The van der Waals surface area contributed by atoms with Crippen molar-refractivity contribution in [1.82, 2.24) is 9.62 Å². The zero-order valence-corrected chi connectivity index (χ0v) is 12.1. The number of benzene rings is 1. The second-order valence-corrected chi connectivity index (χ2v) is 6.89. The Morgan fingerprint density at radius 2 is 1.95 bits per heavy atom. The first-order valence-electron chi connectivity index (χ1n) is 6.55. The molecule has 7 heteroatoms. The molecule has 0 spiro atoms. The lowest BCUT2D eigenvalue weighted by Gasteiger charge is -2.31. The first-order valence-corrected chi connectivity index (χ1v) is 7.99. The zero-order valence-electron chi connectivity index (χ0n) is 11.3. The molecule has 0 aliphatic carbocycles. The van der Waals surface area contributed by atoms with E-state index in [9.17, 15) is 17.2 Å². The van der Waals surface area contributed by atoms with Crippen molar-refractivity contribution in [3.05, 3.63) is 29.8 Å². The van der Waals surface area contributed by atoms with Gasteiger partial charge in [-0.3, -0.25) is 0 Å². The van der Waals surface area contributed by atoms with Gasteiger partial charge in [-0.25, -0.2) is 17.2 Å². The van der Waals surface area contributed by atoms with Gasteiger partial charge in [-0.2, -0.15) is 4.31 Å². The van der Waals surface area contributed by atoms with E-state index in [1.54, 1.807) is 0 Å². The van der Waals surface area contributed by atoms with Gasteiger partial charge in [0.05, 0.1) is 0 Å². The second-order valence-electron chi connectivity index (χ2n) is 4.98. The number of nitrogens with one attached hydrogen (secondary N) is 1. The predicted octanol–water partition coefficient (Wildman–Crippen LogP) is 1.58. The van der Waals surface area contributed by atoms with Crippen LogP contribution in [0.15, 0.2) is 23.1 Å². The van der Waals surface area contributed by atoms with Gasteiger partial charge >= 0.3 is 0 Å². The van der Waals surface area contributed by atoms with E-state index < -0.39 is 26.6 Å². The minimum absolute atomic E-state index is 0.367. The van der Waals surface area contributed by atoms with Crippen LogP contribution < -0.4 is 5.32 Å². The summed E-state index contributed by atoms with van der Waals surface area (Å²) < 4.78 is 52.4. The lowest BCUT2D eigenvalue weighted by atomic mass is 9.98. The Kier molecular flexibility index (Phi) is 4.72. The molecule has 1 heterocycles. The minimum Gasteiger partial charge on any atom is -0.319 e. The van der Waals surface area contributed by atoms with Gasteiger partial charge in [-0.1, -0.05) is 0 Å². The van der Waals surface area contributed by atoms with Gasteiger partial charge in [0.25, 0.3) is 0 Å². The lowest BCUT2D eigenvalue weighted by molar-refractivity contribution is 0.270. The Morgan fingerprint density at radius 3 is 2.50 bits per heavy atom. The van der Waals surface area contributed by atoms with Crippen LogP contribution in [0.2, 0.25) is 0 Å². The first kappa shape index (κ1) is 15.3. The highest BCUT2D eigenvalue weighted by atomic mass is 32.2. The average Bonchev–Trinajstić information content (AvgIpc) is 2.39. The lowest BCUT2D eigenvalue weighted by Crippen LogP contribution is -2.40. The third-order valence-electron chi connectivity index (χ3n) is 3.58. The molecular weight excluding hydrogens is 286 g/mol. The molecule has 0 aromatic heterocycles. The van der Waals surface area contributed by atoms with Crippen molar-refractivity contribution in [2.24, 2.45) is 5.92 Å². The van der Waals surface area contributed by atoms with Crippen molar-refractivity contribution < 1.29 is 17.2 Å². The van der Waals surface area contributed by atoms with Crippen LogP contribution in [-0.4, -0.2) is 39.4 Å². The molecule has 0 unspecified atom stereocenters. The van der Waals surface area contributed by atoms with E-state index >= 15 is 0 Å². The molecule has 1 aliphatic rings. The molecule has 1 aromatic rings. The summed E-state index contributed by atoms with van der Waals surface area (Å²) in [4.78, 5) is -0.453. The molecule has 2 rings (SSSR count). The maximum Gasteiger partial charge on any atom is 0.245 e. The SMILES string of the molecule is CNCC1CCN(S(=O)(=O)c2ccc(F)cc2F)CC1. The summed E-state index contributed by atoms with van der Waals surface area (Å²) in [6, 6.07) is 2.55. The fourth-order valence-corrected chi connectivity index (χ4v) is 3.98. The molecule has 112 valence electrons. The van der Waals surface area contributed by atoms with Crippen LogP contribution >= 0.6 is 0 Å². The average molecular weight is 304 g/mol. The summed E-state index contributed by atoms with van der Waals surface area (Å²) in [6.07, 6.45) is 1.48. The first-order chi connectivity index (χ1) is 9.45. The predicted molar refractivity (Wildman–Crippen MR) is 71.8 cm³/mol. The molecule has 20 heavy (non-hydrogen) atoms. The number of hydrogen-bond acceptors (Lipinski definition) is 3. The Hall–Kier alpha value is -1.05. The molecule has 0 saturated carbocycles. The summed E-state index contributed by atoms with van der Waals surface area (Å²) in [5.41, 5.74) is 0. The van der Waals surface area contributed by atoms with Gasteiger partial charge < -0.3 is 5.32 Å². The van der Waals surface area contributed by atoms with Crippen molar-refractivity contribution in [2.75, 3.05) is 26.7 Å². The maximum absolute atomic E-state index is 13.6. The van der Waals surface area contributed by atoms with E-state index in [1.807, 2.05) is 7.05 Å². The summed E-state index contributed by atoms with van der Waals surface area (Å²) in [5, 5.41) is 3.07. The van der Waals surface area contributed by atoms with E-state index in [-0.39, 0.29) is 0 Å². The molecule has 1 N–H and O–H groups in total. The zero-order chi connectivity index (χ0) is 14.8. The summed E-state index contributed by atoms with van der Waals surface area (Å²) in [7, 11) is -2.02. The fourth-order valence-electron chi connectivity index (χ4n) is 2.47. The van der Waals surface area contributed by atoms with Gasteiger partial charge in [0, 0.05) is 19.2 Å². The van der Waals surface area contributed by atoms with E-state index in [0.29, 0.717) is 25.1 Å². The minimum atomic E-state index is -3.88. The molecular formula is C13H18F2N2O2S. The van der Waals surface area contributed by atoms with Crippen LogP contribution in [0.4, 0.5) is 8.78 Å². The number of halogens is 2. The summed E-state index contributed by atoms with van der Waals surface area (Å²) >= 11 is 0. The second kappa shape index (κ2) is 6.15. The Labute approximate surface area is 117 Å². The van der Waals surface area contributed by atoms with Crippen molar-refractivity contribution in [1.29, 1.82) is 0 Å². The van der Waals surface area contributed by atoms with E-state index in [1.165, 1.54) is 4.31 Å². The highest BCUT2D eigenvalue weighted by Crippen LogP contribution is 2.25. The maximum atomic E-state index is 13.6. The van der Waals surface area contributed by atoms with Crippen LogP contribution in [0.25, 0.3) is 0 Å². The molecule has 0 radical (unpaired) electrons. The molecule has 1 aliphatic heterocycles. The molecule has 1 aromatic carbocycles. The number of piperidine rings is 1. The summed E-state index contributed by atoms with van der Waals surface area (Å²) in [5.74, 6) is -1.39. The molecule has 0 amide bonds. The topological polar surface area (TPSA) is 49.4 Å². The van der Waals surface area contributed by atoms with E-state index in [4.69, 9.17) is 0 Å². The largest absolute Gasteiger partial charge is 0.319 e. The standard InChI is InChI=1S/C13H18F2N2O2S/c1-16-9-10-4-6-17(7-5-10)20(18,19)13-3-2-11(14)8-12(13)15/h2-3,8,10,16H,4-7,9H2,1H3. The smallest absolute Gasteiger partial charge is 0.245 e. The van der Waals surface area contributed by atoms with Gasteiger partial charge in [-0.05, 0) is 44.5 Å². The third-order valence-corrected chi connectivity index (χ3v) is 5.51. The van der Waals surface area contributed by atoms with Crippen molar-refractivity contribution >= 4 is 10.0 Å². The monoisotopic (exact) mass is 304 g/mol. The highest BCUT2D eigenvalue weighted by Gasteiger charge is 2.31. The van der Waals surface area contributed by atoms with Crippen LogP contribution in [-0.2, 0) is 10.0 Å². The van der Waals surface area contributed by atoms with Gasteiger partial charge in [0.15, 0.2) is 0 Å². The van der Waals surface area contributed by atoms with Gasteiger partial charge in [0.1, 0.15) is 16.5 Å². The van der Waals surface area contributed by atoms with Crippen molar-refractivity contribution in [2.45, 2.75) is 17.7 Å². The van der Waals surface area contributed by atoms with Crippen molar-refractivity contribution in [3.8, 4) is 0 Å². The van der Waals surface area contributed by atoms with E-state index in [0.717, 1.165) is 31.5 Å². The number of nitrogens with zero attached hydrogens (tertiary/aromatic N) is 1. The van der Waals surface area contributed by atoms with Crippen LogP contribution in [0.3, 0.4) is 0 Å².